The largest absolute Gasteiger partial charge is 0.493 e. The fourth-order valence-corrected chi connectivity index (χ4v) is 4.43. The summed E-state index contributed by atoms with van der Waals surface area (Å²) in [5.74, 6) is 4.80. The molecule has 0 bridgehead atoms. The van der Waals surface area contributed by atoms with Crippen LogP contribution in [0.2, 0.25) is 0 Å². The Morgan fingerprint density at radius 3 is 0.886 bits per heavy atom. The van der Waals surface area contributed by atoms with E-state index in [1.54, 1.807) is 0 Å². The maximum absolute atomic E-state index is 6.31. The first-order valence-corrected chi connectivity index (χ1v) is 16.7. The van der Waals surface area contributed by atoms with Crippen LogP contribution < -0.4 is 28.4 Å². The Kier molecular flexibility index (Phi) is 16.2. The minimum atomic E-state index is 0.400. The molecule has 3 aromatic rings. The van der Waals surface area contributed by atoms with Gasteiger partial charge in [0.15, 0.2) is 0 Å². The van der Waals surface area contributed by atoms with Crippen molar-refractivity contribution in [1.82, 2.24) is 0 Å². The van der Waals surface area contributed by atoms with E-state index in [0.717, 1.165) is 109 Å². The zero-order valence-electron chi connectivity index (χ0n) is 27.8. The molecule has 0 amide bonds. The van der Waals surface area contributed by atoms with Gasteiger partial charge in [-0.05, 0) is 85.2 Å². The van der Waals surface area contributed by atoms with Crippen molar-refractivity contribution in [2.24, 2.45) is 0 Å². The van der Waals surface area contributed by atoms with E-state index in [2.05, 4.69) is 46.8 Å². The lowest BCUT2D eigenvalue weighted by Gasteiger charge is -2.15. The van der Waals surface area contributed by atoms with Gasteiger partial charge in [-0.2, -0.15) is 0 Å². The number of aryl methyl sites for hydroxylation is 1. The van der Waals surface area contributed by atoms with Crippen LogP contribution in [-0.4, -0.2) is 26.4 Å². The standard InChI is InChI=1S/C38H54O6/c1-6-11-15-39-33-21-31(22-34(25-33)40-16-12-7-2)28-43-37-19-30(10-5)20-38(27-37)44-29-32-23-35(41-17-13-8-3)26-36(24-32)42-18-14-9-4/h19-27H,6-18,28-29H2,1-5H3. The smallest absolute Gasteiger partial charge is 0.123 e. The molecule has 0 aromatic heterocycles. The molecule has 0 aliphatic heterocycles. The monoisotopic (exact) mass is 606 g/mol. The predicted octanol–water partition coefficient (Wildman–Crippen LogP) is 10.1. The normalized spacial score (nSPS) is 10.8. The SMILES string of the molecule is CCCCOc1cc(COc2cc(CC)cc(OCc3cc(OCCCC)cc(OCCCC)c3)c2)cc(OCCCC)c1. The van der Waals surface area contributed by atoms with E-state index in [0.29, 0.717) is 39.6 Å². The molecule has 0 radical (unpaired) electrons. The number of benzene rings is 3. The van der Waals surface area contributed by atoms with Gasteiger partial charge < -0.3 is 28.4 Å². The highest BCUT2D eigenvalue weighted by Gasteiger charge is 2.09. The van der Waals surface area contributed by atoms with E-state index in [1.165, 1.54) is 0 Å². The van der Waals surface area contributed by atoms with Crippen molar-refractivity contribution in [3.63, 3.8) is 0 Å². The van der Waals surface area contributed by atoms with Crippen molar-refractivity contribution in [2.45, 2.75) is 106 Å². The Labute approximate surface area is 266 Å². The molecule has 44 heavy (non-hydrogen) atoms. The van der Waals surface area contributed by atoms with Crippen molar-refractivity contribution in [3.8, 4) is 34.5 Å². The van der Waals surface area contributed by atoms with Crippen molar-refractivity contribution in [3.05, 3.63) is 71.3 Å². The van der Waals surface area contributed by atoms with E-state index < -0.39 is 0 Å². The number of hydrogen-bond acceptors (Lipinski definition) is 6. The molecule has 0 heterocycles. The summed E-state index contributed by atoms with van der Waals surface area (Å²) >= 11 is 0. The first-order chi connectivity index (χ1) is 21.6. The van der Waals surface area contributed by atoms with Crippen LogP contribution >= 0.6 is 0 Å². The van der Waals surface area contributed by atoms with Crippen LogP contribution in [0.1, 0.15) is 103 Å². The molecule has 0 spiro atoms. The van der Waals surface area contributed by atoms with Gasteiger partial charge in [-0.25, -0.2) is 0 Å². The van der Waals surface area contributed by atoms with Crippen LogP contribution in [0.4, 0.5) is 0 Å². The summed E-state index contributed by atoms with van der Waals surface area (Å²) in [4.78, 5) is 0. The quantitative estimate of drug-likeness (QED) is 0.100. The Morgan fingerprint density at radius 2 is 0.614 bits per heavy atom. The third-order valence-electron chi connectivity index (χ3n) is 7.11. The lowest BCUT2D eigenvalue weighted by Crippen LogP contribution is -2.03. The molecule has 0 fully saturated rings. The first-order valence-electron chi connectivity index (χ1n) is 16.7. The summed E-state index contributed by atoms with van der Waals surface area (Å²) in [7, 11) is 0. The Bertz CT molecular complexity index is 1080. The lowest BCUT2D eigenvalue weighted by atomic mass is 10.1. The summed E-state index contributed by atoms with van der Waals surface area (Å²) in [6.07, 6.45) is 9.30. The predicted molar refractivity (Wildman–Crippen MR) is 179 cm³/mol. The van der Waals surface area contributed by atoms with Crippen LogP contribution in [-0.2, 0) is 19.6 Å². The molecule has 3 aromatic carbocycles. The zero-order chi connectivity index (χ0) is 31.4. The van der Waals surface area contributed by atoms with Crippen molar-refractivity contribution < 1.29 is 28.4 Å². The van der Waals surface area contributed by atoms with E-state index in [1.807, 2.05) is 42.5 Å². The zero-order valence-corrected chi connectivity index (χ0v) is 27.8. The van der Waals surface area contributed by atoms with Gasteiger partial charge in [0, 0.05) is 18.2 Å². The van der Waals surface area contributed by atoms with Crippen LogP contribution in [0.3, 0.4) is 0 Å². The minimum Gasteiger partial charge on any atom is -0.493 e. The van der Waals surface area contributed by atoms with Crippen LogP contribution in [0.5, 0.6) is 34.5 Å². The number of ether oxygens (including phenoxy) is 6. The van der Waals surface area contributed by atoms with E-state index >= 15 is 0 Å². The highest BCUT2D eigenvalue weighted by atomic mass is 16.5. The number of hydrogen-bond donors (Lipinski definition) is 0. The minimum absolute atomic E-state index is 0.400. The van der Waals surface area contributed by atoms with Crippen molar-refractivity contribution >= 4 is 0 Å². The topological polar surface area (TPSA) is 55.4 Å². The summed E-state index contributed by atoms with van der Waals surface area (Å²) < 4.78 is 36.7. The molecule has 0 saturated carbocycles. The average Bonchev–Trinajstić information content (AvgIpc) is 3.03. The second-order valence-corrected chi connectivity index (χ2v) is 11.2. The Hall–Kier alpha value is -3.54. The molecule has 6 heteroatoms. The molecule has 0 unspecified atom stereocenters. The van der Waals surface area contributed by atoms with Crippen LogP contribution in [0.25, 0.3) is 0 Å². The molecule has 0 saturated heterocycles. The molecule has 0 atom stereocenters. The van der Waals surface area contributed by atoms with Gasteiger partial charge in [0.25, 0.3) is 0 Å². The second kappa shape index (κ2) is 20.4. The van der Waals surface area contributed by atoms with Gasteiger partial charge in [-0.3, -0.25) is 0 Å². The average molecular weight is 607 g/mol. The number of rotatable bonds is 23. The molecular weight excluding hydrogens is 552 g/mol. The second-order valence-electron chi connectivity index (χ2n) is 11.2. The van der Waals surface area contributed by atoms with Crippen LogP contribution in [0.15, 0.2) is 54.6 Å². The summed E-state index contributed by atoms with van der Waals surface area (Å²) in [5.41, 5.74) is 3.16. The molecule has 0 N–H and O–H groups in total. The highest BCUT2D eigenvalue weighted by molar-refractivity contribution is 5.42. The third-order valence-corrected chi connectivity index (χ3v) is 7.11. The van der Waals surface area contributed by atoms with Crippen LogP contribution in [0, 0.1) is 0 Å². The van der Waals surface area contributed by atoms with Gasteiger partial charge in [-0.1, -0.05) is 60.3 Å². The summed E-state index contributed by atoms with van der Waals surface area (Å²) in [6.45, 7) is 14.3. The Morgan fingerprint density at radius 1 is 0.341 bits per heavy atom. The fraction of sp³-hybridized carbons (Fsp3) is 0.526. The summed E-state index contributed by atoms with van der Waals surface area (Å²) in [5, 5.41) is 0. The lowest BCUT2D eigenvalue weighted by molar-refractivity contribution is 0.278. The van der Waals surface area contributed by atoms with Gasteiger partial charge in [0.1, 0.15) is 47.7 Å². The van der Waals surface area contributed by atoms with Gasteiger partial charge in [0.05, 0.1) is 26.4 Å². The molecule has 3 rings (SSSR count). The highest BCUT2D eigenvalue weighted by Crippen LogP contribution is 2.29. The third kappa shape index (κ3) is 13.0. The van der Waals surface area contributed by atoms with Gasteiger partial charge in [0.2, 0.25) is 0 Å². The van der Waals surface area contributed by atoms with Crippen molar-refractivity contribution in [2.75, 3.05) is 26.4 Å². The Balaban J connectivity index is 1.71. The maximum Gasteiger partial charge on any atom is 0.123 e. The molecule has 6 nitrogen and oxygen atoms in total. The van der Waals surface area contributed by atoms with E-state index in [9.17, 15) is 0 Å². The summed E-state index contributed by atoms with van der Waals surface area (Å²) in [6, 6.07) is 18.2. The molecule has 0 aliphatic rings. The number of unbranched alkanes of at least 4 members (excludes halogenated alkanes) is 4. The van der Waals surface area contributed by atoms with Gasteiger partial charge >= 0.3 is 0 Å². The fourth-order valence-electron chi connectivity index (χ4n) is 4.43. The molecule has 0 aliphatic carbocycles. The van der Waals surface area contributed by atoms with E-state index in [-0.39, 0.29) is 0 Å². The maximum atomic E-state index is 6.31. The molecule has 242 valence electrons. The van der Waals surface area contributed by atoms with Gasteiger partial charge in [-0.15, -0.1) is 0 Å². The van der Waals surface area contributed by atoms with E-state index in [4.69, 9.17) is 28.4 Å². The first kappa shape index (κ1) is 34.9. The van der Waals surface area contributed by atoms with Crippen molar-refractivity contribution in [1.29, 1.82) is 0 Å². The molecular formula is C38H54O6.